The van der Waals surface area contributed by atoms with Crippen molar-refractivity contribution in [2.75, 3.05) is 37.2 Å². The van der Waals surface area contributed by atoms with E-state index < -0.39 is 11.6 Å². The maximum atomic E-state index is 13.4. The Bertz CT molecular complexity index is 355. The van der Waals surface area contributed by atoms with Gasteiger partial charge in [0.25, 0.3) is 0 Å². The Labute approximate surface area is 107 Å². The fraction of sp³-hybridized carbons (Fsp3) is 0.538. The van der Waals surface area contributed by atoms with Gasteiger partial charge in [0.1, 0.15) is 5.69 Å². The third kappa shape index (κ3) is 4.14. The van der Waals surface area contributed by atoms with Gasteiger partial charge >= 0.3 is 0 Å². The summed E-state index contributed by atoms with van der Waals surface area (Å²) >= 11 is 0. The minimum absolute atomic E-state index is 0.0938. The summed E-state index contributed by atoms with van der Waals surface area (Å²) in [6.45, 7) is 7.61. The van der Waals surface area contributed by atoms with Crippen LogP contribution in [-0.2, 0) is 0 Å². The predicted octanol–water partition coefficient (Wildman–Crippen LogP) is 2.69. The van der Waals surface area contributed by atoms with Crippen molar-refractivity contribution in [3.63, 3.8) is 0 Å². The van der Waals surface area contributed by atoms with Crippen LogP contribution in [0.15, 0.2) is 12.1 Å². The van der Waals surface area contributed by atoms with Crippen molar-refractivity contribution in [2.45, 2.75) is 20.3 Å². The minimum atomic E-state index is -0.643. The van der Waals surface area contributed by atoms with Gasteiger partial charge in [-0.3, -0.25) is 0 Å². The highest BCUT2D eigenvalue weighted by Crippen LogP contribution is 2.21. The van der Waals surface area contributed by atoms with Gasteiger partial charge < -0.3 is 16.0 Å². The lowest BCUT2D eigenvalue weighted by Crippen LogP contribution is -2.25. The van der Waals surface area contributed by atoms with Crippen LogP contribution in [0.3, 0.4) is 0 Å². The van der Waals surface area contributed by atoms with Crippen molar-refractivity contribution in [3.8, 4) is 0 Å². The first-order chi connectivity index (χ1) is 8.58. The van der Waals surface area contributed by atoms with Crippen LogP contribution in [0.5, 0.6) is 0 Å². The number of nitrogen functional groups attached to an aromatic ring is 1. The maximum Gasteiger partial charge on any atom is 0.151 e. The molecule has 0 radical (unpaired) electrons. The first-order valence-electron chi connectivity index (χ1n) is 6.29. The van der Waals surface area contributed by atoms with E-state index >= 15 is 0 Å². The molecule has 1 rings (SSSR count). The summed E-state index contributed by atoms with van der Waals surface area (Å²) in [6, 6.07) is 2.24. The highest BCUT2D eigenvalue weighted by molar-refractivity contribution is 5.53. The van der Waals surface area contributed by atoms with E-state index in [2.05, 4.69) is 24.1 Å². The second kappa shape index (κ2) is 7.16. The molecule has 3 N–H and O–H groups in total. The molecule has 1 aromatic carbocycles. The molecule has 0 saturated carbocycles. The van der Waals surface area contributed by atoms with Crippen molar-refractivity contribution in [3.05, 3.63) is 23.8 Å². The van der Waals surface area contributed by atoms with Crippen LogP contribution < -0.4 is 11.1 Å². The Morgan fingerprint density at radius 1 is 1.17 bits per heavy atom. The van der Waals surface area contributed by atoms with Gasteiger partial charge in [0.2, 0.25) is 0 Å². The molecule has 0 aliphatic rings. The SMILES string of the molecule is CCN(CC)CCCNc1c(F)cc(N)cc1F. The lowest BCUT2D eigenvalue weighted by Gasteiger charge is -2.18. The lowest BCUT2D eigenvalue weighted by molar-refractivity contribution is 0.303. The lowest BCUT2D eigenvalue weighted by atomic mass is 10.2. The molecule has 0 aliphatic carbocycles. The first-order valence-corrected chi connectivity index (χ1v) is 6.29. The zero-order chi connectivity index (χ0) is 13.5. The number of nitrogens with zero attached hydrogens (tertiary/aromatic N) is 1. The summed E-state index contributed by atoms with van der Waals surface area (Å²) in [5.41, 5.74) is 5.35. The molecule has 0 saturated heterocycles. The zero-order valence-corrected chi connectivity index (χ0v) is 11.0. The molecule has 0 aliphatic heterocycles. The molecule has 3 nitrogen and oxygen atoms in total. The third-order valence-corrected chi connectivity index (χ3v) is 2.91. The molecule has 5 heteroatoms. The van der Waals surface area contributed by atoms with Gasteiger partial charge in [-0.15, -0.1) is 0 Å². The molecule has 18 heavy (non-hydrogen) atoms. The van der Waals surface area contributed by atoms with Gasteiger partial charge in [-0.2, -0.15) is 0 Å². The quantitative estimate of drug-likeness (QED) is 0.583. The number of anilines is 2. The van der Waals surface area contributed by atoms with E-state index in [4.69, 9.17) is 5.73 Å². The number of hydrogen-bond acceptors (Lipinski definition) is 3. The highest BCUT2D eigenvalue weighted by Gasteiger charge is 2.09. The molecule has 0 amide bonds. The molecule has 0 spiro atoms. The molecule has 1 aromatic rings. The molecular weight excluding hydrogens is 236 g/mol. The zero-order valence-electron chi connectivity index (χ0n) is 11.0. The molecule has 0 unspecified atom stereocenters. The number of rotatable bonds is 7. The van der Waals surface area contributed by atoms with Crippen LogP contribution in [0, 0.1) is 11.6 Å². The second-order valence-corrected chi connectivity index (χ2v) is 4.17. The smallest absolute Gasteiger partial charge is 0.151 e. The van der Waals surface area contributed by atoms with E-state index in [0.29, 0.717) is 6.54 Å². The van der Waals surface area contributed by atoms with Gasteiger partial charge in [-0.25, -0.2) is 8.78 Å². The van der Waals surface area contributed by atoms with Crippen LogP contribution in [0.25, 0.3) is 0 Å². The van der Waals surface area contributed by atoms with E-state index in [0.717, 1.165) is 38.2 Å². The average molecular weight is 257 g/mol. The standard InChI is InChI=1S/C13H21F2N3/c1-3-18(4-2)7-5-6-17-13-11(14)8-10(16)9-12(13)15/h8-9,17H,3-7,16H2,1-2H3. The third-order valence-electron chi connectivity index (χ3n) is 2.91. The van der Waals surface area contributed by atoms with Crippen LogP contribution in [0.2, 0.25) is 0 Å². The van der Waals surface area contributed by atoms with Crippen molar-refractivity contribution >= 4 is 11.4 Å². The molecule has 0 fully saturated rings. The van der Waals surface area contributed by atoms with Crippen molar-refractivity contribution in [2.24, 2.45) is 0 Å². The monoisotopic (exact) mass is 257 g/mol. The van der Waals surface area contributed by atoms with Crippen molar-refractivity contribution in [1.82, 2.24) is 4.90 Å². The summed E-state index contributed by atoms with van der Waals surface area (Å²) in [5.74, 6) is -1.29. The Morgan fingerprint density at radius 3 is 2.22 bits per heavy atom. The van der Waals surface area contributed by atoms with Crippen LogP contribution >= 0.6 is 0 Å². The number of nitrogens with one attached hydrogen (secondary N) is 1. The summed E-state index contributed by atoms with van der Waals surface area (Å²) in [4.78, 5) is 2.26. The summed E-state index contributed by atoms with van der Waals surface area (Å²) in [5, 5.41) is 2.78. The van der Waals surface area contributed by atoms with Crippen molar-refractivity contribution in [1.29, 1.82) is 0 Å². The van der Waals surface area contributed by atoms with E-state index in [-0.39, 0.29) is 11.4 Å². The van der Waals surface area contributed by atoms with Gasteiger partial charge in [-0.1, -0.05) is 13.8 Å². The van der Waals surface area contributed by atoms with Crippen LogP contribution in [0.4, 0.5) is 20.2 Å². The normalized spacial score (nSPS) is 10.9. The Balaban J connectivity index is 2.44. The second-order valence-electron chi connectivity index (χ2n) is 4.17. The molecule has 0 atom stereocenters. The molecule has 0 heterocycles. The number of benzene rings is 1. The van der Waals surface area contributed by atoms with E-state index in [1.807, 2.05) is 0 Å². The first kappa shape index (κ1) is 14.7. The average Bonchev–Trinajstić information content (AvgIpc) is 2.32. The number of nitrogens with two attached hydrogens (primary N) is 1. The van der Waals surface area contributed by atoms with Crippen molar-refractivity contribution < 1.29 is 8.78 Å². The molecule has 0 aromatic heterocycles. The van der Waals surface area contributed by atoms with Gasteiger partial charge in [0, 0.05) is 12.2 Å². The Morgan fingerprint density at radius 2 is 1.72 bits per heavy atom. The van der Waals surface area contributed by atoms with Gasteiger partial charge in [-0.05, 0) is 38.2 Å². The van der Waals surface area contributed by atoms with Gasteiger partial charge in [0.05, 0.1) is 0 Å². The van der Waals surface area contributed by atoms with E-state index in [1.54, 1.807) is 0 Å². The van der Waals surface area contributed by atoms with E-state index in [9.17, 15) is 8.78 Å². The topological polar surface area (TPSA) is 41.3 Å². The fourth-order valence-electron chi connectivity index (χ4n) is 1.82. The summed E-state index contributed by atoms with van der Waals surface area (Å²) < 4.78 is 26.9. The summed E-state index contributed by atoms with van der Waals surface area (Å²) in [6.07, 6.45) is 0.838. The Hall–Kier alpha value is -1.36. The molecule has 102 valence electrons. The number of hydrogen-bond donors (Lipinski definition) is 2. The highest BCUT2D eigenvalue weighted by atomic mass is 19.1. The molecular formula is C13H21F2N3. The van der Waals surface area contributed by atoms with Crippen LogP contribution in [-0.4, -0.2) is 31.1 Å². The number of halogens is 2. The largest absolute Gasteiger partial charge is 0.399 e. The van der Waals surface area contributed by atoms with E-state index in [1.165, 1.54) is 0 Å². The summed E-state index contributed by atoms with van der Waals surface area (Å²) in [7, 11) is 0. The fourth-order valence-corrected chi connectivity index (χ4v) is 1.82. The maximum absolute atomic E-state index is 13.4. The Kier molecular flexibility index (Phi) is 5.85. The van der Waals surface area contributed by atoms with Gasteiger partial charge in [0.15, 0.2) is 11.6 Å². The minimum Gasteiger partial charge on any atom is -0.399 e. The van der Waals surface area contributed by atoms with Crippen LogP contribution in [0.1, 0.15) is 20.3 Å². The predicted molar refractivity (Wildman–Crippen MR) is 71.7 cm³/mol. The molecule has 0 bridgehead atoms.